The molecule has 1 aromatic heterocycles. The zero-order valence-electron chi connectivity index (χ0n) is 18.1. The molecule has 160 valence electrons. The number of nitrogens with two attached hydrogens (primary N) is 1. The highest BCUT2D eigenvalue weighted by atomic mass is 16.7. The van der Waals surface area contributed by atoms with Crippen molar-refractivity contribution < 1.29 is 9.36 Å². The van der Waals surface area contributed by atoms with Gasteiger partial charge < -0.3 is 10.3 Å². The van der Waals surface area contributed by atoms with Crippen LogP contribution in [0.15, 0.2) is 52.0 Å². The molecular weight excluding hydrogens is 402 g/mol. The van der Waals surface area contributed by atoms with E-state index in [4.69, 9.17) is 20.1 Å². The molecule has 1 aliphatic heterocycles. The number of rotatable bonds is 1. The summed E-state index contributed by atoms with van der Waals surface area (Å²) in [5.74, 6) is 1.24. The first-order valence-electron chi connectivity index (χ1n) is 10.8. The van der Waals surface area contributed by atoms with E-state index in [1.165, 1.54) is 5.56 Å². The molecule has 2 aromatic carbocycles. The van der Waals surface area contributed by atoms with Crippen LogP contribution >= 0.6 is 0 Å². The van der Waals surface area contributed by atoms with E-state index in [1.807, 2.05) is 31.2 Å². The molecule has 7 heteroatoms. The number of hydrogen-bond donors (Lipinski definition) is 1. The van der Waals surface area contributed by atoms with Crippen molar-refractivity contribution >= 4 is 5.96 Å². The fourth-order valence-corrected chi connectivity index (χ4v) is 5.67. The minimum atomic E-state index is -0.897. The summed E-state index contributed by atoms with van der Waals surface area (Å²) < 4.78 is 5.50. The van der Waals surface area contributed by atoms with Gasteiger partial charge in [-0.1, -0.05) is 29.4 Å². The fraction of sp³-hybridized carbons (Fsp3) is 0.320. The van der Waals surface area contributed by atoms with Gasteiger partial charge in [0.2, 0.25) is 11.7 Å². The summed E-state index contributed by atoms with van der Waals surface area (Å²) >= 11 is 0. The van der Waals surface area contributed by atoms with Crippen LogP contribution in [-0.4, -0.2) is 23.2 Å². The first-order valence-corrected chi connectivity index (χ1v) is 10.8. The number of aliphatic imine (C=N–C) groups is 1. The van der Waals surface area contributed by atoms with Crippen LogP contribution in [0.25, 0.3) is 11.1 Å². The highest BCUT2D eigenvalue weighted by Crippen LogP contribution is 2.61. The van der Waals surface area contributed by atoms with Crippen LogP contribution in [0.2, 0.25) is 0 Å². The predicted molar refractivity (Wildman–Crippen MR) is 118 cm³/mol. The average Bonchev–Trinajstić information content (AvgIpc) is 3.41. The number of nitrogens with zero attached hydrogens (tertiary/aromatic N) is 4. The molecule has 2 spiro atoms. The van der Waals surface area contributed by atoms with E-state index in [0.717, 1.165) is 59.4 Å². The van der Waals surface area contributed by atoms with Crippen molar-refractivity contribution in [1.29, 1.82) is 5.26 Å². The van der Waals surface area contributed by atoms with Gasteiger partial charge in [0.1, 0.15) is 5.76 Å². The van der Waals surface area contributed by atoms with Gasteiger partial charge in [-0.3, -0.25) is 0 Å². The molecule has 2 aliphatic carbocycles. The second kappa shape index (κ2) is 6.44. The Morgan fingerprint density at radius 2 is 2.00 bits per heavy atom. The van der Waals surface area contributed by atoms with Crippen molar-refractivity contribution in [3.63, 3.8) is 0 Å². The van der Waals surface area contributed by atoms with E-state index in [1.54, 1.807) is 12.1 Å². The Morgan fingerprint density at radius 3 is 2.78 bits per heavy atom. The Balaban J connectivity index is 1.52. The van der Waals surface area contributed by atoms with E-state index in [9.17, 15) is 5.26 Å². The Labute approximate surface area is 186 Å². The molecule has 2 unspecified atom stereocenters. The number of hydrogen-bond acceptors (Lipinski definition) is 7. The molecular formula is C25H23N5O2. The first kappa shape index (κ1) is 19.1. The number of benzene rings is 2. The third kappa shape index (κ3) is 2.44. The molecule has 7 nitrogen and oxygen atoms in total. The predicted octanol–water partition coefficient (Wildman–Crippen LogP) is 3.60. The Kier molecular flexibility index (Phi) is 3.84. The maximum atomic E-state index is 9.32. The monoisotopic (exact) mass is 425 g/mol. The number of hydroxylamine groups is 2. The Bertz CT molecular complexity index is 1340. The minimum absolute atomic E-state index is 0.277. The third-order valence-electron chi connectivity index (χ3n) is 7.33. The Morgan fingerprint density at radius 1 is 1.16 bits per heavy atom. The number of aryl methyl sites for hydroxylation is 2. The lowest BCUT2D eigenvalue weighted by Gasteiger charge is -2.43. The van der Waals surface area contributed by atoms with Gasteiger partial charge in [-0.05, 0) is 67.5 Å². The zero-order valence-corrected chi connectivity index (χ0v) is 18.1. The number of fused-ring (bicyclic) bond motifs is 4. The quantitative estimate of drug-likeness (QED) is 0.639. The lowest BCUT2D eigenvalue weighted by Crippen LogP contribution is -2.47. The van der Waals surface area contributed by atoms with Crippen LogP contribution in [0, 0.1) is 23.7 Å². The third-order valence-corrected chi connectivity index (χ3v) is 7.33. The van der Waals surface area contributed by atoms with Gasteiger partial charge in [0.05, 0.1) is 17.3 Å². The van der Waals surface area contributed by atoms with Crippen LogP contribution in [0.3, 0.4) is 0 Å². The average molecular weight is 425 g/mol. The van der Waals surface area contributed by atoms with Crippen LogP contribution in [0.4, 0.5) is 0 Å². The molecule has 0 radical (unpaired) electrons. The van der Waals surface area contributed by atoms with E-state index in [2.05, 4.69) is 29.4 Å². The van der Waals surface area contributed by atoms with Gasteiger partial charge in [-0.15, -0.1) is 0 Å². The zero-order chi connectivity index (χ0) is 22.1. The summed E-state index contributed by atoms with van der Waals surface area (Å²) in [6, 6.07) is 16.3. The molecule has 0 amide bonds. The van der Waals surface area contributed by atoms with E-state index < -0.39 is 5.72 Å². The Hall–Kier alpha value is -3.63. The number of guanidine groups is 1. The largest absolute Gasteiger partial charge is 0.368 e. The minimum Gasteiger partial charge on any atom is -0.368 e. The molecule has 0 saturated carbocycles. The summed E-state index contributed by atoms with van der Waals surface area (Å²) in [6.07, 6.45) is 3.32. The highest BCUT2D eigenvalue weighted by molar-refractivity contribution is 5.79. The number of aromatic nitrogens is 1. The molecule has 3 aromatic rings. The van der Waals surface area contributed by atoms with Crippen molar-refractivity contribution in [1.82, 2.24) is 10.2 Å². The molecule has 0 saturated heterocycles. The maximum absolute atomic E-state index is 9.32. The van der Waals surface area contributed by atoms with Gasteiger partial charge >= 0.3 is 0 Å². The van der Waals surface area contributed by atoms with Crippen LogP contribution in [0.1, 0.15) is 40.1 Å². The van der Waals surface area contributed by atoms with Crippen molar-refractivity contribution in [3.8, 4) is 17.2 Å². The van der Waals surface area contributed by atoms with Crippen LogP contribution < -0.4 is 5.73 Å². The lowest BCUT2D eigenvalue weighted by molar-refractivity contribution is -0.224. The van der Waals surface area contributed by atoms with Gasteiger partial charge in [0.15, 0.2) is 0 Å². The first-order chi connectivity index (χ1) is 15.4. The molecule has 32 heavy (non-hydrogen) atoms. The molecule has 2 heterocycles. The molecule has 2 atom stereocenters. The van der Waals surface area contributed by atoms with E-state index in [-0.39, 0.29) is 5.41 Å². The summed E-state index contributed by atoms with van der Waals surface area (Å²) in [7, 11) is 1.80. The summed E-state index contributed by atoms with van der Waals surface area (Å²) in [5.41, 5.74) is 12.2. The van der Waals surface area contributed by atoms with Crippen LogP contribution in [0.5, 0.6) is 0 Å². The van der Waals surface area contributed by atoms with Gasteiger partial charge in [-0.2, -0.15) is 5.26 Å². The van der Waals surface area contributed by atoms with Gasteiger partial charge in [0.25, 0.3) is 0 Å². The van der Waals surface area contributed by atoms with Crippen molar-refractivity contribution in [2.24, 2.45) is 16.1 Å². The number of nitriles is 1. The van der Waals surface area contributed by atoms with Crippen LogP contribution in [-0.2, 0) is 29.8 Å². The lowest BCUT2D eigenvalue weighted by atomic mass is 9.66. The normalized spacial score (nSPS) is 25.7. The molecule has 2 N–H and O–H groups in total. The van der Waals surface area contributed by atoms with Crippen molar-refractivity contribution in [3.05, 3.63) is 76.2 Å². The smallest absolute Gasteiger partial charge is 0.221 e. The fourth-order valence-electron chi connectivity index (χ4n) is 5.67. The maximum Gasteiger partial charge on any atom is 0.221 e. The van der Waals surface area contributed by atoms with E-state index in [0.29, 0.717) is 11.5 Å². The van der Waals surface area contributed by atoms with Crippen molar-refractivity contribution in [2.45, 2.75) is 38.3 Å². The summed E-state index contributed by atoms with van der Waals surface area (Å²) in [6.45, 7) is 1.97. The summed E-state index contributed by atoms with van der Waals surface area (Å²) in [5, 5.41) is 15.2. The second-order valence-corrected chi connectivity index (χ2v) is 9.07. The second-order valence-electron chi connectivity index (χ2n) is 9.07. The molecule has 6 rings (SSSR count). The molecule has 3 aliphatic rings. The van der Waals surface area contributed by atoms with Crippen molar-refractivity contribution in [2.75, 3.05) is 7.05 Å². The highest BCUT2D eigenvalue weighted by Gasteiger charge is 2.63. The standard InChI is InChI=1S/C25H23N5O2/c1-15-20-13-24(9-8-22(20)29-31-15)12-19-7-6-18(17-5-3-4-16(10-17)14-26)11-21(19)25(24)28-23(27)30(2)32-25/h3-7,10-11H,8-9,12-13H2,1-2H3,(H2,27,28). The van der Waals surface area contributed by atoms with E-state index >= 15 is 0 Å². The molecule has 0 bridgehead atoms. The van der Waals surface area contributed by atoms with Gasteiger partial charge in [0, 0.05) is 23.6 Å². The summed E-state index contributed by atoms with van der Waals surface area (Å²) in [4.78, 5) is 11.5. The van der Waals surface area contributed by atoms with Gasteiger partial charge in [-0.25, -0.2) is 14.9 Å². The SMILES string of the molecule is Cc1onc2c1CC1(CC2)Cc2ccc(-c3cccc(C#N)c3)cc2C12N=C(N)N(C)O2. The topological polar surface area (TPSA) is 101 Å². The molecule has 0 fully saturated rings.